The zero-order chi connectivity index (χ0) is 16.6. The lowest BCUT2D eigenvalue weighted by atomic mass is 10.0. The van der Waals surface area contributed by atoms with Crippen LogP contribution in [0.5, 0.6) is 0 Å². The molecule has 0 fully saturated rings. The first kappa shape index (κ1) is 18.0. The predicted octanol–water partition coefficient (Wildman–Crippen LogP) is 5.90. The van der Waals surface area contributed by atoms with E-state index in [0.717, 1.165) is 0 Å². The molecule has 0 aliphatic carbocycles. The van der Waals surface area contributed by atoms with Gasteiger partial charge in [-0.1, -0.05) is 6.92 Å². The van der Waals surface area contributed by atoms with Gasteiger partial charge in [-0.15, -0.1) is 0 Å². The van der Waals surface area contributed by atoms with E-state index >= 15 is 0 Å². The number of aryl methyl sites for hydroxylation is 1. The molecule has 0 bridgehead atoms. The van der Waals surface area contributed by atoms with Crippen LogP contribution >= 0.6 is 11.8 Å². The summed E-state index contributed by atoms with van der Waals surface area (Å²) < 4.78 is 113. The average Bonchev–Trinajstić information content (AvgIpc) is 2.23. The molecule has 0 radical (unpaired) electrons. The van der Waals surface area contributed by atoms with Gasteiger partial charge in [-0.2, -0.15) is 39.5 Å². The molecule has 21 heavy (non-hydrogen) atoms. The number of halogens is 9. The molecule has 0 nitrogen and oxygen atoms in total. The summed E-state index contributed by atoms with van der Waals surface area (Å²) in [6, 6.07) is 0.0245. The summed E-state index contributed by atoms with van der Waals surface area (Å²) in [5.74, 6) is 0. The molecule has 0 aromatic heterocycles. The first-order valence-corrected chi connectivity index (χ1v) is 6.14. The minimum atomic E-state index is -5.18. The van der Waals surface area contributed by atoms with E-state index in [9.17, 15) is 39.5 Å². The smallest absolute Gasteiger partial charge is 0.166 e. The first-order valence-electron chi connectivity index (χ1n) is 5.32. The van der Waals surface area contributed by atoms with Crippen LogP contribution in [-0.4, -0.2) is 5.51 Å². The first-order chi connectivity index (χ1) is 9.25. The van der Waals surface area contributed by atoms with E-state index in [1.165, 1.54) is 6.92 Å². The third-order valence-corrected chi connectivity index (χ3v) is 3.21. The third-order valence-electron chi connectivity index (χ3n) is 2.42. The molecule has 0 heterocycles. The van der Waals surface area contributed by atoms with Crippen LogP contribution in [0.25, 0.3) is 0 Å². The number of alkyl halides is 9. The monoisotopic (exact) mass is 342 g/mol. The fourth-order valence-corrected chi connectivity index (χ4v) is 2.32. The maximum absolute atomic E-state index is 12.7. The van der Waals surface area contributed by atoms with Crippen molar-refractivity contribution in [2.24, 2.45) is 0 Å². The van der Waals surface area contributed by atoms with Crippen molar-refractivity contribution in [1.82, 2.24) is 0 Å². The second-order valence-corrected chi connectivity index (χ2v) is 5.01. The van der Waals surface area contributed by atoms with E-state index < -0.39 is 57.6 Å². The summed E-state index contributed by atoms with van der Waals surface area (Å²) in [7, 11) is 0. The second-order valence-electron chi connectivity index (χ2n) is 3.90. The van der Waals surface area contributed by atoms with Gasteiger partial charge in [0, 0.05) is 4.90 Å². The van der Waals surface area contributed by atoms with E-state index in [-0.39, 0.29) is 12.1 Å². The lowest BCUT2D eigenvalue weighted by Gasteiger charge is -2.19. The third kappa shape index (κ3) is 4.72. The molecule has 0 saturated heterocycles. The van der Waals surface area contributed by atoms with Crippen molar-refractivity contribution in [2.75, 3.05) is 0 Å². The lowest BCUT2D eigenvalue weighted by Crippen LogP contribution is -2.15. The highest BCUT2D eigenvalue weighted by Gasteiger charge is 2.42. The Hall–Kier alpha value is -1.06. The predicted molar refractivity (Wildman–Crippen MR) is 57.7 cm³/mol. The molecular weight excluding hydrogens is 335 g/mol. The zero-order valence-corrected chi connectivity index (χ0v) is 11.0. The maximum atomic E-state index is 12.7. The minimum Gasteiger partial charge on any atom is -0.166 e. The Balaban J connectivity index is 3.58. The normalized spacial score (nSPS) is 13.6. The number of benzene rings is 1. The highest BCUT2D eigenvalue weighted by molar-refractivity contribution is 8.00. The standard InChI is InChI=1S/C11H7F9S/c1-2-5-3-7(10(15,16)17)8(21-11(18,19)20)4-6(5)9(12,13)14/h3-4H,2H2,1H3. The fraction of sp³-hybridized carbons (Fsp3) is 0.455. The largest absolute Gasteiger partial charge is 0.446 e. The summed E-state index contributed by atoms with van der Waals surface area (Å²) in [4.78, 5) is -1.51. The maximum Gasteiger partial charge on any atom is 0.446 e. The molecule has 0 amide bonds. The molecule has 0 N–H and O–H groups in total. The van der Waals surface area contributed by atoms with Gasteiger partial charge >= 0.3 is 17.9 Å². The van der Waals surface area contributed by atoms with Crippen LogP contribution in [0.2, 0.25) is 0 Å². The van der Waals surface area contributed by atoms with Crippen molar-refractivity contribution in [2.45, 2.75) is 36.1 Å². The van der Waals surface area contributed by atoms with Crippen LogP contribution in [0.3, 0.4) is 0 Å². The van der Waals surface area contributed by atoms with Gasteiger partial charge < -0.3 is 0 Å². The van der Waals surface area contributed by atoms with Crippen LogP contribution < -0.4 is 0 Å². The van der Waals surface area contributed by atoms with Gasteiger partial charge in [0.05, 0.1) is 11.1 Å². The highest BCUT2D eigenvalue weighted by Crippen LogP contribution is 2.46. The fourth-order valence-electron chi connectivity index (χ4n) is 1.61. The van der Waals surface area contributed by atoms with Gasteiger partial charge in [-0.3, -0.25) is 0 Å². The van der Waals surface area contributed by atoms with Crippen LogP contribution in [-0.2, 0) is 18.8 Å². The quantitative estimate of drug-likeness (QED) is 0.476. The molecule has 120 valence electrons. The molecule has 1 aromatic rings. The van der Waals surface area contributed by atoms with Crippen molar-refractivity contribution in [1.29, 1.82) is 0 Å². The van der Waals surface area contributed by atoms with Crippen LogP contribution in [0.15, 0.2) is 17.0 Å². The summed E-state index contributed by atoms with van der Waals surface area (Å²) in [5.41, 5.74) is -9.06. The molecule has 1 rings (SSSR count). The van der Waals surface area contributed by atoms with Gasteiger partial charge in [0.1, 0.15) is 0 Å². The summed E-state index contributed by atoms with van der Waals surface area (Å²) in [6.07, 6.45) is -10.6. The molecule has 0 aliphatic rings. The van der Waals surface area contributed by atoms with Gasteiger partial charge in [-0.25, -0.2) is 0 Å². The number of hydrogen-bond donors (Lipinski definition) is 0. The van der Waals surface area contributed by atoms with Crippen LogP contribution in [0.1, 0.15) is 23.6 Å². The van der Waals surface area contributed by atoms with E-state index in [1.54, 1.807) is 0 Å². The van der Waals surface area contributed by atoms with E-state index in [1.807, 2.05) is 0 Å². The van der Waals surface area contributed by atoms with Crippen molar-refractivity contribution < 1.29 is 39.5 Å². The average molecular weight is 342 g/mol. The summed E-state index contributed by atoms with van der Waals surface area (Å²) in [6.45, 7) is 1.18. The highest BCUT2D eigenvalue weighted by atomic mass is 32.2. The number of thioether (sulfide) groups is 1. The van der Waals surface area contributed by atoms with Crippen molar-refractivity contribution >= 4 is 11.8 Å². The van der Waals surface area contributed by atoms with Crippen molar-refractivity contribution in [3.63, 3.8) is 0 Å². The number of hydrogen-bond acceptors (Lipinski definition) is 1. The topological polar surface area (TPSA) is 0 Å². The Labute approximate surface area is 117 Å². The Morgan fingerprint density at radius 1 is 0.810 bits per heavy atom. The summed E-state index contributed by atoms with van der Waals surface area (Å²) in [5, 5.41) is 0. The molecule has 10 heteroatoms. The molecule has 0 saturated carbocycles. The second kappa shape index (κ2) is 5.62. The van der Waals surface area contributed by atoms with Crippen LogP contribution in [0, 0.1) is 0 Å². The van der Waals surface area contributed by atoms with Crippen LogP contribution in [0.4, 0.5) is 39.5 Å². The Bertz CT molecular complexity index is 510. The SMILES string of the molecule is CCc1cc(C(F)(F)F)c(SC(F)(F)F)cc1C(F)(F)F. The molecule has 0 aliphatic heterocycles. The Kier molecular flexibility index (Phi) is 4.81. The molecule has 0 unspecified atom stereocenters. The zero-order valence-electron chi connectivity index (χ0n) is 10.2. The molecule has 1 aromatic carbocycles. The van der Waals surface area contributed by atoms with Crippen molar-refractivity contribution in [3.8, 4) is 0 Å². The van der Waals surface area contributed by atoms with Gasteiger partial charge in [0.2, 0.25) is 0 Å². The van der Waals surface area contributed by atoms with E-state index in [2.05, 4.69) is 0 Å². The van der Waals surface area contributed by atoms with Gasteiger partial charge in [0.25, 0.3) is 0 Å². The molecule has 0 atom stereocenters. The summed E-state index contributed by atoms with van der Waals surface area (Å²) >= 11 is -1.22. The molecular formula is C11H7F9S. The van der Waals surface area contributed by atoms with E-state index in [4.69, 9.17) is 0 Å². The van der Waals surface area contributed by atoms with E-state index in [0.29, 0.717) is 0 Å². The molecule has 0 spiro atoms. The minimum absolute atomic E-state index is 0.0974. The van der Waals surface area contributed by atoms with Gasteiger partial charge in [0.15, 0.2) is 0 Å². The Morgan fingerprint density at radius 3 is 1.62 bits per heavy atom. The van der Waals surface area contributed by atoms with Crippen molar-refractivity contribution in [3.05, 3.63) is 28.8 Å². The number of rotatable bonds is 2. The Morgan fingerprint density at radius 2 is 1.29 bits per heavy atom. The van der Waals surface area contributed by atoms with Gasteiger partial charge in [-0.05, 0) is 35.9 Å². The lowest BCUT2D eigenvalue weighted by molar-refractivity contribution is -0.143.